The molecule has 0 aromatic carbocycles. The van der Waals surface area contributed by atoms with E-state index in [-0.39, 0.29) is 5.91 Å². The lowest BCUT2D eigenvalue weighted by atomic mass is 10.3. The topological polar surface area (TPSA) is 57.8 Å². The summed E-state index contributed by atoms with van der Waals surface area (Å²) in [6.07, 6.45) is 4.75. The van der Waals surface area contributed by atoms with E-state index in [2.05, 4.69) is 15.3 Å². The lowest BCUT2D eigenvalue weighted by Gasteiger charge is -2.04. The average Bonchev–Trinajstić information content (AvgIpc) is 2.74. The second-order valence-electron chi connectivity index (χ2n) is 2.89. The zero-order valence-corrected chi connectivity index (χ0v) is 8.45. The number of nitrogens with zero attached hydrogens (tertiary/aromatic N) is 1. The highest BCUT2D eigenvalue weighted by atomic mass is 35.5. The Bertz CT molecular complexity index is 467. The molecule has 0 saturated carbocycles. The number of aromatic amines is 1. The Morgan fingerprint density at radius 3 is 3.00 bits per heavy atom. The van der Waals surface area contributed by atoms with E-state index in [0.717, 1.165) is 0 Å². The number of rotatable bonds is 2. The number of carbonyl (C=O) groups excluding carboxylic acids is 1. The molecular formula is C10H8ClN3O. The fourth-order valence-corrected chi connectivity index (χ4v) is 1.28. The van der Waals surface area contributed by atoms with Crippen molar-refractivity contribution in [1.29, 1.82) is 0 Å². The quantitative estimate of drug-likeness (QED) is 0.818. The molecule has 15 heavy (non-hydrogen) atoms. The van der Waals surface area contributed by atoms with Crippen LogP contribution >= 0.6 is 11.6 Å². The molecule has 0 saturated heterocycles. The number of H-pyrrole nitrogens is 1. The Morgan fingerprint density at radius 1 is 1.47 bits per heavy atom. The van der Waals surface area contributed by atoms with Crippen LogP contribution in [0.1, 0.15) is 10.5 Å². The van der Waals surface area contributed by atoms with Gasteiger partial charge in [-0.3, -0.25) is 9.78 Å². The largest absolute Gasteiger partial charge is 0.357 e. The standard InChI is InChI=1S/C10H8ClN3O/c11-7-3-5-12-6-9(7)14-10(15)8-2-1-4-13-8/h1-6,13H,(H,14,15). The molecule has 0 bridgehead atoms. The van der Waals surface area contributed by atoms with E-state index in [1.54, 1.807) is 30.6 Å². The van der Waals surface area contributed by atoms with Crippen LogP contribution in [0.25, 0.3) is 0 Å². The Kier molecular flexibility index (Phi) is 2.69. The molecule has 4 nitrogen and oxygen atoms in total. The molecule has 2 aromatic rings. The number of aromatic nitrogens is 2. The number of hydrogen-bond donors (Lipinski definition) is 2. The normalized spacial score (nSPS) is 9.93. The molecule has 0 aliphatic carbocycles. The predicted molar refractivity (Wildman–Crippen MR) is 58.0 cm³/mol. The van der Waals surface area contributed by atoms with Gasteiger partial charge in [0.2, 0.25) is 0 Å². The van der Waals surface area contributed by atoms with Crippen molar-refractivity contribution >= 4 is 23.2 Å². The maximum Gasteiger partial charge on any atom is 0.272 e. The van der Waals surface area contributed by atoms with Crippen LogP contribution in [0.4, 0.5) is 5.69 Å². The van der Waals surface area contributed by atoms with Gasteiger partial charge in [-0.25, -0.2) is 0 Å². The number of nitrogens with one attached hydrogen (secondary N) is 2. The number of hydrogen-bond acceptors (Lipinski definition) is 2. The third-order valence-electron chi connectivity index (χ3n) is 1.86. The molecule has 2 N–H and O–H groups in total. The minimum atomic E-state index is -0.241. The van der Waals surface area contributed by atoms with Crippen LogP contribution in [-0.2, 0) is 0 Å². The summed E-state index contributed by atoms with van der Waals surface area (Å²) in [6, 6.07) is 5.05. The van der Waals surface area contributed by atoms with Crippen molar-refractivity contribution < 1.29 is 4.79 Å². The van der Waals surface area contributed by atoms with Gasteiger partial charge in [0, 0.05) is 12.4 Å². The molecule has 2 aromatic heterocycles. The summed E-state index contributed by atoms with van der Waals surface area (Å²) >= 11 is 5.86. The summed E-state index contributed by atoms with van der Waals surface area (Å²) in [6.45, 7) is 0. The van der Waals surface area contributed by atoms with E-state index >= 15 is 0 Å². The third-order valence-corrected chi connectivity index (χ3v) is 2.19. The van der Waals surface area contributed by atoms with E-state index < -0.39 is 0 Å². The van der Waals surface area contributed by atoms with Crippen molar-refractivity contribution in [2.75, 3.05) is 5.32 Å². The molecule has 0 aliphatic heterocycles. The number of carbonyl (C=O) groups is 1. The van der Waals surface area contributed by atoms with Gasteiger partial charge in [-0.2, -0.15) is 0 Å². The van der Waals surface area contributed by atoms with Gasteiger partial charge >= 0.3 is 0 Å². The molecule has 0 spiro atoms. The Labute approximate surface area is 91.3 Å². The molecule has 1 amide bonds. The average molecular weight is 222 g/mol. The first-order valence-electron chi connectivity index (χ1n) is 4.31. The van der Waals surface area contributed by atoms with E-state index in [0.29, 0.717) is 16.4 Å². The summed E-state index contributed by atoms with van der Waals surface area (Å²) in [5.74, 6) is -0.241. The van der Waals surface area contributed by atoms with Crippen LogP contribution in [0.2, 0.25) is 5.02 Å². The number of amides is 1. The zero-order chi connectivity index (χ0) is 10.7. The van der Waals surface area contributed by atoms with Crippen molar-refractivity contribution in [2.24, 2.45) is 0 Å². The minimum absolute atomic E-state index is 0.241. The maximum absolute atomic E-state index is 11.6. The van der Waals surface area contributed by atoms with Crippen molar-refractivity contribution in [1.82, 2.24) is 9.97 Å². The Balaban J connectivity index is 2.17. The van der Waals surface area contributed by atoms with E-state index in [1.807, 2.05) is 0 Å². The fourth-order valence-electron chi connectivity index (χ4n) is 1.13. The third kappa shape index (κ3) is 2.16. The van der Waals surface area contributed by atoms with Gasteiger partial charge in [0.05, 0.1) is 16.9 Å². The monoisotopic (exact) mass is 221 g/mol. The lowest BCUT2D eigenvalue weighted by Crippen LogP contribution is -2.12. The molecule has 2 heterocycles. The molecule has 2 rings (SSSR count). The lowest BCUT2D eigenvalue weighted by molar-refractivity contribution is 0.102. The molecule has 5 heteroatoms. The van der Waals surface area contributed by atoms with Gasteiger partial charge in [0.25, 0.3) is 5.91 Å². The Hall–Kier alpha value is -1.81. The SMILES string of the molecule is O=C(Nc1cnccc1Cl)c1ccc[nH]1. The summed E-state index contributed by atoms with van der Waals surface area (Å²) in [5.41, 5.74) is 0.980. The highest BCUT2D eigenvalue weighted by molar-refractivity contribution is 6.33. The smallest absolute Gasteiger partial charge is 0.272 e. The van der Waals surface area contributed by atoms with Crippen LogP contribution in [0, 0.1) is 0 Å². The van der Waals surface area contributed by atoms with Crippen LogP contribution in [-0.4, -0.2) is 15.9 Å². The molecule has 0 atom stereocenters. The first-order valence-corrected chi connectivity index (χ1v) is 4.69. The van der Waals surface area contributed by atoms with E-state index in [1.165, 1.54) is 6.20 Å². The van der Waals surface area contributed by atoms with Gasteiger partial charge < -0.3 is 10.3 Å². The van der Waals surface area contributed by atoms with Crippen molar-refractivity contribution in [3.63, 3.8) is 0 Å². The van der Waals surface area contributed by atoms with Crippen LogP contribution in [0.5, 0.6) is 0 Å². The number of anilines is 1. The van der Waals surface area contributed by atoms with Crippen LogP contribution < -0.4 is 5.32 Å². The molecule has 76 valence electrons. The van der Waals surface area contributed by atoms with Gasteiger partial charge in [0.1, 0.15) is 5.69 Å². The van der Waals surface area contributed by atoms with Gasteiger partial charge in [0.15, 0.2) is 0 Å². The van der Waals surface area contributed by atoms with Crippen LogP contribution in [0.3, 0.4) is 0 Å². The molecule has 0 aliphatic rings. The summed E-state index contributed by atoms with van der Waals surface area (Å²) in [7, 11) is 0. The summed E-state index contributed by atoms with van der Waals surface area (Å²) < 4.78 is 0. The summed E-state index contributed by atoms with van der Waals surface area (Å²) in [4.78, 5) is 18.3. The maximum atomic E-state index is 11.6. The minimum Gasteiger partial charge on any atom is -0.357 e. The van der Waals surface area contributed by atoms with Crippen molar-refractivity contribution in [2.45, 2.75) is 0 Å². The molecule has 0 radical (unpaired) electrons. The number of halogens is 1. The van der Waals surface area contributed by atoms with Crippen molar-refractivity contribution in [3.8, 4) is 0 Å². The second kappa shape index (κ2) is 4.14. The van der Waals surface area contributed by atoms with E-state index in [4.69, 9.17) is 11.6 Å². The highest BCUT2D eigenvalue weighted by Crippen LogP contribution is 2.19. The zero-order valence-electron chi connectivity index (χ0n) is 7.70. The second-order valence-corrected chi connectivity index (χ2v) is 3.30. The Morgan fingerprint density at radius 2 is 2.33 bits per heavy atom. The van der Waals surface area contributed by atoms with E-state index in [9.17, 15) is 4.79 Å². The van der Waals surface area contributed by atoms with Gasteiger partial charge in [-0.05, 0) is 18.2 Å². The first-order chi connectivity index (χ1) is 7.27. The fraction of sp³-hybridized carbons (Fsp3) is 0. The first kappa shape index (κ1) is 9.73. The highest BCUT2D eigenvalue weighted by Gasteiger charge is 2.08. The summed E-state index contributed by atoms with van der Waals surface area (Å²) in [5, 5.41) is 3.11. The van der Waals surface area contributed by atoms with Crippen molar-refractivity contribution in [3.05, 3.63) is 47.5 Å². The molecular weight excluding hydrogens is 214 g/mol. The molecule has 0 unspecified atom stereocenters. The van der Waals surface area contributed by atoms with Crippen LogP contribution in [0.15, 0.2) is 36.8 Å². The predicted octanol–water partition coefficient (Wildman–Crippen LogP) is 2.32. The number of pyridine rings is 1. The molecule has 0 fully saturated rings. The van der Waals surface area contributed by atoms with Gasteiger partial charge in [-0.15, -0.1) is 0 Å². The van der Waals surface area contributed by atoms with Gasteiger partial charge in [-0.1, -0.05) is 11.6 Å².